The molecule has 18 heavy (non-hydrogen) atoms. The monoisotopic (exact) mass is 246 g/mol. The van der Waals surface area contributed by atoms with Gasteiger partial charge in [-0.25, -0.2) is 0 Å². The lowest BCUT2D eigenvalue weighted by atomic mass is 10.4. The zero-order chi connectivity index (χ0) is 12.5. The van der Waals surface area contributed by atoms with Gasteiger partial charge in [0.05, 0.1) is 17.4 Å². The molecule has 90 valence electrons. The maximum atomic E-state index is 10.5. The van der Waals surface area contributed by atoms with E-state index < -0.39 is 4.92 Å². The molecule has 8 heteroatoms. The van der Waals surface area contributed by atoms with Crippen molar-refractivity contribution in [1.82, 2.24) is 15.2 Å². The molecular weight excluding hydrogens is 240 g/mol. The second-order valence-electron chi connectivity index (χ2n) is 3.42. The summed E-state index contributed by atoms with van der Waals surface area (Å²) in [5.74, 6) is 0.816. The average molecular weight is 246 g/mol. The molecule has 0 unspecified atom stereocenters. The number of aromatic nitrogens is 3. The molecule has 1 N–H and O–H groups in total. The zero-order valence-corrected chi connectivity index (χ0v) is 8.86. The van der Waals surface area contributed by atoms with Gasteiger partial charge in [0.2, 0.25) is 0 Å². The molecule has 0 amide bonds. The van der Waals surface area contributed by atoms with Gasteiger partial charge in [-0.1, -0.05) is 0 Å². The van der Waals surface area contributed by atoms with Crippen molar-refractivity contribution in [2.75, 3.05) is 0 Å². The normalized spacial score (nSPS) is 10.7. The Morgan fingerprint density at radius 1 is 1.33 bits per heavy atom. The van der Waals surface area contributed by atoms with E-state index in [1.807, 2.05) is 0 Å². The minimum absolute atomic E-state index is 0.0669. The molecule has 0 radical (unpaired) electrons. The summed E-state index contributed by atoms with van der Waals surface area (Å²) in [4.78, 5) is 12.7. The minimum Gasteiger partial charge on any atom is -0.459 e. The lowest BCUT2D eigenvalue weighted by molar-refractivity contribution is -0.384. The fourth-order valence-corrected chi connectivity index (χ4v) is 1.44. The largest absolute Gasteiger partial charge is 0.459 e. The quantitative estimate of drug-likeness (QED) is 0.560. The molecule has 0 aliphatic carbocycles. The van der Waals surface area contributed by atoms with E-state index >= 15 is 0 Å². The number of rotatable bonds is 3. The molecule has 3 heterocycles. The van der Waals surface area contributed by atoms with Gasteiger partial charge in [0.15, 0.2) is 5.76 Å². The van der Waals surface area contributed by atoms with Crippen LogP contribution >= 0.6 is 0 Å². The summed E-state index contributed by atoms with van der Waals surface area (Å²) in [5.41, 5.74) is 0.315. The van der Waals surface area contributed by atoms with E-state index in [9.17, 15) is 10.1 Å². The fraction of sp³-hybridized carbons (Fsp3) is 0. The van der Waals surface area contributed by atoms with E-state index in [0.717, 1.165) is 0 Å². The molecule has 0 spiro atoms. The predicted octanol–water partition coefficient (Wildman–Crippen LogP) is 2.23. The number of H-pyrrole nitrogens is 1. The Balaban J connectivity index is 1.95. The van der Waals surface area contributed by atoms with Gasteiger partial charge >= 0.3 is 0 Å². The van der Waals surface area contributed by atoms with E-state index in [4.69, 9.17) is 8.83 Å². The Labute approximate surface area is 99.4 Å². The molecule has 0 saturated heterocycles. The highest BCUT2D eigenvalue weighted by Crippen LogP contribution is 2.25. The SMILES string of the molecule is O=[N+]([O-])c1c[nH]c(-c2nnc(-c3ccco3)o2)c1. The van der Waals surface area contributed by atoms with Crippen molar-refractivity contribution in [2.45, 2.75) is 0 Å². The Kier molecular flexibility index (Phi) is 2.19. The molecule has 0 bridgehead atoms. The van der Waals surface area contributed by atoms with Crippen LogP contribution in [0.15, 0.2) is 39.5 Å². The van der Waals surface area contributed by atoms with Crippen molar-refractivity contribution in [3.8, 4) is 23.2 Å². The smallest absolute Gasteiger partial charge is 0.287 e. The molecule has 0 aliphatic rings. The lowest BCUT2D eigenvalue weighted by Gasteiger charge is -1.86. The van der Waals surface area contributed by atoms with Crippen molar-refractivity contribution >= 4 is 5.69 Å². The Morgan fingerprint density at radius 2 is 2.17 bits per heavy atom. The van der Waals surface area contributed by atoms with Crippen LogP contribution in [-0.4, -0.2) is 20.1 Å². The van der Waals surface area contributed by atoms with Gasteiger partial charge in [0.25, 0.3) is 17.5 Å². The number of nitrogens with one attached hydrogen (secondary N) is 1. The molecule has 3 aromatic heterocycles. The predicted molar refractivity (Wildman–Crippen MR) is 58.4 cm³/mol. The Bertz CT molecular complexity index is 682. The fourth-order valence-electron chi connectivity index (χ4n) is 1.44. The molecule has 0 aliphatic heterocycles. The third kappa shape index (κ3) is 1.65. The summed E-state index contributed by atoms with van der Waals surface area (Å²) in [6.45, 7) is 0. The van der Waals surface area contributed by atoms with E-state index in [1.165, 1.54) is 18.5 Å². The highest BCUT2D eigenvalue weighted by atomic mass is 16.6. The van der Waals surface area contributed by atoms with Gasteiger partial charge in [-0.2, -0.15) is 0 Å². The Morgan fingerprint density at radius 3 is 2.83 bits per heavy atom. The number of hydrogen-bond acceptors (Lipinski definition) is 6. The first-order valence-electron chi connectivity index (χ1n) is 4.94. The number of aromatic amines is 1. The highest BCUT2D eigenvalue weighted by molar-refractivity contribution is 5.55. The number of furan rings is 1. The first kappa shape index (κ1) is 10.3. The van der Waals surface area contributed by atoms with Crippen molar-refractivity contribution < 1.29 is 13.8 Å². The van der Waals surface area contributed by atoms with E-state index in [2.05, 4.69) is 15.2 Å². The topological polar surface area (TPSA) is 111 Å². The van der Waals surface area contributed by atoms with Gasteiger partial charge in [0, 0.05) is 6.07 Å². The van der Waals surface area contributed by atoms with Gasteiger partial charge in [-0.3, -0.25) is 10.1 Å². The standard InChI is InChI=1S/C10H6N4O4/c15-14(16)6-4-7(11-5-6)9-12-13-10(18-9)8-2-1-3-17-8/h1-5,11H. The molecule has 3 rings (SSSR count). The molecule has 0 atom stereocenters. The lowest BCUT2D eigenvalue weighted by Crippen LogP contribution is -1.82. The molecule has 0 saturated carbocycles. The summed E-state index contributed by atoms with van der Waals surface area (Å²) in [6.07, 6.45) is 2.74. The number of nitrogens with zero attached hydrogens (tertiary/aromatic N) is 3. The molecule has 0 fully saturated rings. The van der Waals surface area contributed by atoms with E-state index in [1.54, 1.807) is 12.1 Å². The zero-order valence-electron chi connectivity index (χ0n) is 8.86. The molecule has 0 aromatic carbocycles. The second-order valence-corrected chi connectivity index (χ2v) is 3.42. The van der Waals surface area contributed by atoms with Crippen molar-refractivity contribution in [3.63, 3.8) is 0 Å². The second kappa shape index (κ2) is 3.84. The summed E-state index contributed by atoms with van der Waals surface area (Å²) in [6, 6.07) is 4.69. The van der Waals surface area contributed by atoms with Gasteiger partial charge < -0.3 is 13.8 Å². The van der Waals surface area contributed by atoms with Crippen molar-refractivity contribution in [2.24, 2.45) is 0 Å². The van der Waals surface area contributed by atoms with Gasteiger partial charge in [-0.15, -0.1) is 10.2 Å². The summed E-state index contributed by atoms with van der Waals surface area (Å²) < 4.78 is 10.4. The molecule has 3 aromatic rings. The Hall–Kier alpha value is -2.90. The minimum atomic E-state index is -0.510. The van der Waals surface area contributed by atoms with Crippen LogP contribution in [0.4, 0.5) is 5.69 Å². The maximum Gasteiger partial charge on any atom is 0.287 e. The van der Waals surface area contributed by atoms with Crippen LogP contribution in [0.1, 0.15) is 0 Å². The van der Waals surface area contributed by atoms with E-state index in [-0.39, 0.29) is 17.5 Å². The first-order chi connectivity index (χ1) is 8.74. The van der Waals surface area contributed by atoms with Crippen molar-refractivity contribution in [1.29, 1.82) is 0 Å². The van der Waals surface area contributed by atoms with Crippen LogP contribution in [0.25, 0.3) is 23.2 Å². The maximum absolute atomic E-state index is 10.5. The van der Waals surface area contributed by atoms with Crippen LogP contribution < -0.4 is 0 Å². The van der Waals surface area contributed by atoms with Crippen LogP contribution in [0.5, 0.6) is 0 Å². The summed E-state index contributed by atoms with van der Waals surface area (Å²) in [5, 5.41) is 18.1. The number of hydrogen-bond donors (Lipinski definition) is 1. The molecule has 8 nitrogen and oxygen atoms in total. The van der Waals surface area contributed by atoms with E-state index in [0.29, 0.717) is 11.5 Å². The summed E-state index contributed by atoms with van der Waals surface area (Å²) >= 11 is 0. The van der Waals surface area contributed by atoms with Crippen LogP contribution in [0.2, 0.25) is 0 Å². The third-order valence-corrected chi connectivity index (χ3v) is 2.27. The van der Waals surface area contributed by atoms with Crippen LogP contribution in [0, 0.1) is 10.1 Å². The van der Waals surface area contributed by atoms with Crippen LogP contribution in [0.3, 0.4) is 0 Å². The number of nitro groups is 1. The first-order valence-corrected chi connectivity index (χ1v) is 4.94. The van der Waals surface area contributed by atoms with Crippen LogP contribution in [-0.2, 0) is 0 Å². The average Bonchev–Trinajstić information content (AvgIpc) is 3.10. The van der Waals surface area contributed by atoms with Gasteiger partial charge in [-0.05, 0) is 12.1 Å². The van der Waals surface area contributed by atoms with Gasteiger partial charge in [0.1, 0.15) is 5.69 Å². The third-order valence-electron chi connectivity index (χ3n) is 2.27. The highest BCUT2D eigenvalue weighted by Gasteiger charge is 2.16. The molecular formula is C10H6N4O4. The van der Waals surface area contributed by atoms with Crippen molar-refractivity contribution in [3.05, 3.63) is 40.8 Å². The summed E-state index contributed by atoms with van der Waals surface area (Å²) in [7, 11) is 0.